The molecule has 0 saturated carbocycles. The summed E-state index contributed by atoms with van der Waals surface area (Å²) in [5.41, 5.74) is 2.33. The maximum Gasteiger partial charge on any atom is 0.194 e. The molecule has 6 nitrogen and oxygen atoms in total. The largest absolute Gasteiger partial charge is 0.311 e. The summed E-state index contributed by atoms with van der Waals surface area (Å²) in [4.78, 5) is 11.2. The molecular weight excluding hydrogens is 272 g/mol. The molecule has 1 N–H and O–H groups in total. The summed E-state index contributed by atoms with van der Waals surface area (Å²) < 4.78 is 3.91. The van der Waals surface area contributed by atoms with Crippen molar-refractivity contribution in [3.8, 4) is 0 Å². The average Bonchev–Trinajstić information content (AvgIpc) is 3.02. The lowest BCUT2D eigenvalue weighted by Gasteiger charge is -2.03. The molecule has 7 heteroatoms. The average molecular weight is 290 g/mol. The third-order valence-electron chi connectivity index (χ3n) is 3.21. The van der Waals surface area contributed by atoms with E-state index in [2.05, 4.69) is 44.8 Å². The van der Waals surface area contributed by atoms with Crippen molar-refractivity contribution in [2.75, 3.05) is 6.54 Å². The van der Waals surface area contributed by atoms with E-state index in [4.69, 9.17) is 0 Å². The maximum atomic E-state index is 4.59. The van der Waals surface area contributed by atoms with Gasteiger partial charge in [-0.15, -0.1) is 11.3 Å². The van der Waals surface area contributed by atoms with Crippen LogP contribution in [-0.4, -0.2) is 30.7 Å². The van der Waals surface area contributed by atoms with Crippen LogP contribution in [0, 0.1) is 13.8 Å². The number of imidazole rings is 1. The first-order valence-corrected chi connectivity index (χ1v) is 7.44. The summed E-state index contributed by atoms with van der Waals surface area (Å²) >= 11 is 1.73. The van der Waals surface area contributed by atoms with Crippen LogP contribution >= 0.6 is 11.3 Å². The Morgan fingerprint density at radius 1 is 1.35 bits per heavy atom. The number of hydrogen-bond donors (Lipinski definition) is 1. The molecule has 0 aliphatic carbocycles. The quantitative estimate of drug-likeness (QED) is 0.723. The van der Waals surface area contributed by atoms with Crippen molar-refractivity contribution in [3.05, 3.63) is 34.6 Å². The zero-order valence-corrected chi connectivity index (χ0v) is 12.7. The van der Waals surface area contributed by atoms with Crippen LogP contribution in [-0.2, 0) is 20.0 Å². The van der Waals surface area contributed by atoms with Gasteiger partial charge in [0, 0.05) is 37.6 Å². The number of nitrogens with one attached hydrogen (secondary N) is 1. The van der Waals surface area contributed by atoms with E-state index in [1.54, 1.807) is 22.3 Å². The van der Waals surface area contributed by atoms with E-state index >= 15 is 0 Å². The van der Waals surface area contributed by atoms with Crippen LogP contribution in [0.15, 0.2) is 12.5 Å². The van der Waals surface area contributed by atoms with Crippen molar-refractivity contribution >= 4 is 16.3 Å². The van der Waals surface area contributed by atoms with Crippen molar-refractivity contribution in [2.24, 2.45) is 7.05 Å². The normalized spacial score (nSPS) is 11.6. The van der Waals surface area contributed by atoms with Crippen LogP contribution in [0.4, 0.5) is 0 Å². The number of hydrogen-bond acceptors (Lipinski definition) is 5. The highest BCUT2D eigenvalue weighted by molar-refractivity contribution is 7.17. The molecule has 0 aromatic carbocycles. The third-order valence-corrected chi connectivity index (χ3v) is 4.10. The molecule has 0 fully saturated rings. The highest BCUT2D eigenvalue weighted by Gasteiger charge is 2.10. The van der Waals surface area contributed by atoms with Crippen molar-refractivity contribution in [3.63, 3.8) is 0 Å². The first-order chi connectivity index (χ1) is 9.63. The molecule has 20 heavy (non-hydrogen) atoms. The van der Waals surface area contributed by atoms with Crippen LogP contribution in [0.1, 0.15) is 22.1 Å². The number of nitrogens with zero attached hydrogens (tertiary/aromatic N) is 5. The van der Waals surface area contributed by atoms with Gasteiger partial charge in [0.05, 0.1) is 11.4 Å². The first kappa shape index (κ1) is 13.3. The molecule has 3 aromatic heterocycles. The second-order valence-corrected chi connectivity index (χ2v) is 6.11. The zero-order valence-electron chi connectivity index (χ0n) is 11.9. The molecule has 0 aliphatic heterocycles. The molecular formula is C13H18N6S. The Hall–Kier alpha value is -1.73. The predicted molar refractivity (Wildman–Crippen MR) is 79.0 cm³/mol. The van der Waals surface area contributed by atoms with Gasteiger partial charge in [-0.05, 0) is 13.8 Å². The Labute approximate surface area is 121 Å². The highest BCUT2D eigenvalue weighted by Crippen LogP contribution is 2.20. The molecule has 0 aliphatic rings. The van der Waals surface area contributed by atoms with Gasteiger partial charge in [-0.3, -0.25) is 9.08 Å². The second kappa shape index (κ2) is 5.34. The fourth-order valence-electron chi connectivity index (χ4n) is 2.23. The summed E-state index contributed by atoms with van der Waals surface area (Å²) in [6.07, 6.45) is 4.72. The van der Waals surface area contributed by atoms with Crippen molar-refractivity contribution in [1.29, 1.82) is 0 Å². The lowest BCUT2D eigenvalue weighted by atomic mass is 10.3. The van der Waals surface area contributed by atoms with Gasteiger partial charge < -0.3 is 5.32 Å². The van der Waals surface area contributed by atoms with Crippen molar-refractivity contribution < 1.29 is 0 Å². The second-order valence-electron chi connectivity index (χ2n) is 4.90. The Bertz CT molecular complexity index is 722. The van der Waals surface area contributed by atoms with E-state index in [1.165, 1.54) is 10.6 Å². The molecule has 0 saturated heterocycles. The van der Waals surface area contributed by atoms with Gasteiger partial charge in [-0.1, -0.05) is 0 Å². The van der Waals surface area contributed by atoms with Crippen molar-refractivity contribution in [2.45, 2.75) is 26.8 Å². The van der Waals surface area contributed by atoms with Gasteiger partial charge in [-0.2, -0.15) is 5.10 Å². The first-order valence-electron chi connectivity index (χ1n) is 6.62. The van der Waals surface area contributed by atoms with Gasteiger partial charge >= 0.3 is 0 Å². The van der Waals surface area contributed by atoms with Crippen LogP contribution in [0.3, 0.4) is 0 Å². The summed E-state index contributed by atoms with van der Waals surface area (Å²) in [5, 5.41) is 7.71. The smallest absolute Gasteiger partial charge is 0.194 e. The topological polar surface area (TPSA) is 60.0 Å². The molecule has 0 bridgehead atoms. The Morgan fingerprint density at radius 3 is 2.95 bits per heavy atom. The highest BCUT2D eigenvalue weighted by atomic mass is 32.1. The minimum Gasteiger partial charge on any atom is -0.311 e. The SMILES string of the molecule is Cc1cn2c(CNCCc3ncn(C)n3)c(C)nc2s1. The van der Waals surface area contributed by atoms with Gasteiger partial charge in [0.1, 0.15) is 6.33 Å². The third kappa shape index (κ3) is 2.59. The van der Waals surface area contributed by atoms with Gasteiger partial charge in [-0.25, -0.2) is 9.97 Å². The fraction of sp³-hybridized carbons (Fsp3) is 0.462. The minimum absolute atomic E-state index is 0.815. The monoisotopic (exact) mass is 290 g/mol. The van der Waals surface area contributed by atoms with E-state index in [1.807, 2.05) is 7.05 Å². The Balaban J connectivity index is 1.60. The van der Waals surface area contributed by atoms with E-state index in [0.717, 1.165) is 36.0 Å². The Kier molecular flexibility index (Phi) is 3.54. The zero-order chi connectivity index (χ0) is 14.1. The number of aromatic nitrogens is 5. The summed E-state index contributed by atoms with van der Waals surface area (Å²) in [5.74, 6) is 0.876. The van der Waals surface area contributed by atoms with Crippen LogP contribution in [0.5, 0.6) is 0 Å². The number of thiazole rings is 1. The lowest BCUT2D eigenvalue weighted by Crippen LogP contribution is -2.18. The molecule has 0 amide bonds. The minimum atomic E-state index is 0.815. The van der Waals surface area contributed by atoms with Crippen molar-refractivity contribution in [1.82, 2.24) is 29.5 Å². The number of rotatable bonds is 5. The van der Waals surface area contributed by atoms with Gasteiger partial charge in [0.15, 0.2) is 10.8 Å². The molecule has 3 aromatic rings. The van der Waals surface area contributed by atoms with Crippen LogP contribution in [0.2, 0.25) is 0 Å². The standard InChI is InChI=1S/C13H18N6S/c1-9-7-19-11(10(2)16-13(19)20-9)6-14-5-4-12-15-8-18(3)17-12/h7-8,14H,4-6H2,1-3H3. The molecule has 106 valence electrons. The van der Waals surface area contributed by atoms with E-state index in [0.29, 0.717) is 0 Å². The predicted octanol–water partition coefficient (Wildman–Crippen LogP) is 1.47. The number of aryl methyl sites for hydroxylation is 3. The molecule has 0 atom stereocenters. The molecule has 0 unspecified atom stereocenters. The van der Waals surface area contributed by atoms with E-state index in [-0.39, 0.29) is 0 Å². The van der Waals surface area contributed by atoms with Crippen LogP contribution in [0.25, 0.3) is 4.96 Å². The molecule has 0 spiro atoms. The lowest BCUT2D eigenvalue weighted by molar-refractivity contribution is 0.648. The maximum absolute atomic E-state index is 4.59. The van der Waals surface area contributed by atoms with E-state index in [9.17, 15) is 0 Å². The Morgan fingerprint density at radius 2 is 2.20 bits per heavy atom. The van der Waals surface area contributed by atoms with E-state index < -0.39 is 0 Å². The molecule has 3 heterocycles. The van der Waals surface area contributed by atoms with Gasteiger partial charge in [0.25, 0.3) is 0 Å². The molecule has 0 radical (unpaired) electrons. The van der Waals surface area contributed by atoms with Gasteiger partial charge in [0.2, 0.25) is 0 Å². The summed E-state index contributed by atoms with van der Waals surface area (Å²) in [7, 11) is 1.88. The molecule has 3 rings (SSSR count). The van der Waals surface area contributed by atoms with Crippen LogP contribution < -0.4 is 5.32 Å². The summed E-state index contributed by atoms with van der Waals surface area (Å²) in [6.45, 7) is 5.85. The summed E-state index contributed by atoms with van der Waals surface area (Å²) in [6, 6.07) is 0. The fourth-order valence-corrected chi connectivity index (χ4v) is 3.12. The number of fused-ring (bicyclic) bond motifs is 1.